The lowest BCUT2D eigenvalue weighted by Crippen LogP contribution is -2.50. The average Bonchev–Trinajstić information content (AvgIpc) is 2.80. The maximum Gasteiger partial charge on any atom is 0.321 e. The number of hydrogen-bond acceptors (Lipinski definition) is 4. The second-order valence-corrected chi connectivity index (χ2v) is 7.01. The number of carbonyl (C=O) groups excluding carboxylic acids is 2. The van der Waals surface area contributed by atoms with Crippen molar-refractivity contribution in [2.45, 2.75) is 0 Å². The van der Waals surface area contributed by atoms with Gasteiger partial charge in [0.25, 0.3) is 5.91 Å². The Bertz CT molecular complexity index is 1000. The molecule has 1 saturated heterocycles. The van der Waals surface area contributed by atoms with E-state index in [2.05, 4.69) is 20.5 Å². The maximum absolute atomic E-state index is 12.7. The quantitative estimate of drug-likeness (QED) is 0.699. The van der Waals surface area contributed by atoms with Gasteiger partial charge in [-0.1, -0.05) is 24.3 Å². The molecule has 152 valence electrons. The van der Waals surface area contributed by atoms with Gasteiger partial charge in [0.2, 0.25) is 0 Å². The van der Waals surface area contributed by atoms with Gasteiger partial charge in [0.05, 0.1) is 0 Å². The molecule has 1 fully saturated rings. The van der Waals surface area contributed by atoms with Crippen LogP contribution in [-0.4, -0.2) is 48.0 Å². The fourth-order valence-corrected chi connectivity index (χ4v) is 3.39. The first-order valence-electron chi connectivity index (χ1n) is 9.86. The van der Waals surface area contributed by atoms with E-state index < -0.39 is 0 Å². The third kappa shape index (κ3) is 4.75. The number of aromatic nitrogens is 1. The molecule has 0 atom stereocenters. The maximum atomic E-state index is 12.7. The van der Waals surface area contributed by atoms with Crippen molar-refractivity contribution in [3.63, 3.8) is 0 Å². The van der Waals surface area contributed by atoms with Gasteiger partial charge < -0.3 is 20.4 Å². The van der Waals surface area contributed by atoms with E-state index in [1.165, 1.54) is 0 Å². The predicted molar refractivity (Wildman–Crippen MR) is 118 cm³/mol. The molecule has 3 aromatic rings. The van der Waals surface area contributed by atoms with E-state index in [-0.39, 0.29) is 11.9 Å². The standard InChI is InChI=1S/C23H23N5O2/c29-22(18-5-2-1-3-6-18)25-19-7-4-8-20(17-19)26-23(30)28-15-13-27(14-16-28)21-9-11-24-12-10-21/h1-12,17H,13-16H2,(H,25,29)(H,26,30). The Morgan fingerprint density at radius 2 is 1.43 bits per heavy atom. The van der Waals surface area contributed by atoms with Gasteiger partial charge in [0, 0.05) is 61.2 Å². The number of carbonyl (C=O) groups is 2. The zero-order chi connectivity index (χ0) is 20.8. The monoisotopic (exact) mass is 401 g/mol. The lowest BCUT2D eigenvalue weighted by molar-refractivity contribution is 0.102. The van der Waals surface area contributed by atoms with Crippen LogP contribution in [0, 0.1) is 0 Å². The summed E-state index contributed by atoms with van der Waals surface area (Å²) in [5, 5.41) is 5.79. The van der Waals surface area contributed by atoms with Gasteiger partial charge in [0.1, 0.15) is 0 Å². The number of urea groups is 1. The molecule has 2 N–H and O–H groups in total. The molecule has 0 aliphatic carbocycles. The Morgan fingerprint density at radius 1 is 0.767 bits per heavy atom. The number of anilines is 3. The second kappa shape index (κ2) is 9.09. The van der Waals surface area contributed by atoms with Crippen LogP contribution < -0.4 is 15.5 Å². The molecule has 0 spiro atoms. The molecule has 2 heterocycles. The van der Waals surface area contributed by atoms with E-state index in [0.717, 1.165) is 18.8 Å². The molecule has 0 radical (unpaired) electrons. The van der Waals surface area contributed by atoms with E-state index in [1.807, 2.05) is 36.4 Å². The van der Waals surface area contributed by atoms with E-state index >= 15 is 0 Å². The predicted octanol–water partition coefficient (Wildman–Crippen LogP) is 3.69. The van der Waals surface area contributed by atoms with Gasteiger partial charge in [-0.05, 0) is 42.5 Å². The summed E-state index contributed by atoms with van der Waals surface area (Å²) in [6.45, 7) is 2.81. The third-order valence-corrected chi connectivity index (χ3v) is 5.00. The van der Waals surface area contributed by atoms with Gasteiger partial charge in [-0.15, -0.1) is 0 Å². The number of piperazine rings is 1. The van der Waals surface area contributed by atoms with Crippen LogP contribution in [0.5, 0.6) is 0 Å². The van der Waals surface area contributed by atoms with E-state index in [1.54, 1.807) is 47.6 Å². The summed E-state index contributed by atoms with van der Waals surface area (Å²) in [7, 11) is 0. The fraction of sp³-hybridized carbons (Fsp3) is 0.174. The normalized spacial score (nSPS) is 13.6. The summed E-state index contributed by atoms with van der Waals surface area (Å²) in [5.74, 6) is -0.189. The molecule has 1 aliphatic rings. The van der Waals surface area contributed by atoms with Crippen molar-refractivity contribution in [1.82, 2.24) is 9.88 Å². The molecule has 0 bridgehead atoms. The number of nitrogens with one attached hydrogen (secondary N) is 2. The molecule has 0 unspecified atom stereocenters. The number of benzene rings is 2. The molecule has 0 saturated carbocycles. The Kier molecular flexibility index (Phi) is 5.89. The van der Waals surface area contributed by atoms with E-state index in [9.17, 15) is 9.59 Å². The summed E-state index contributed by atoms with van der Waals surface area (Å²) in [6.07, 6.45) is 3.55. The molecular weight excluding hydrogens is 378 g/mol. The molecular formula is C23H23N5O2. The van der Waals surface area contributed by atoms with Crippen LogP contribution in [0.25, 0.3) is 0 Å². The summed E-state index contributed by atoms with van der Waals surface area (Å²) >= 11 is 0. The molecule has 7 nitrogen and oxygen atoms in total. The Morgan fingerprint density at radius 3 is 2.13 bits per heavy atom. The molecule has 30 heavy (non-hydrogen) atoms. The van der Waals surface area contributed by atoms with Gasteiger partial charge >= 0.3 is 6.03 Å². The van der Waals surface area contributed by atoms with Crippen molar-refractivity contribution in [1.29, 1.82) is 0 Å². The first kappa shape index (κ1) is 19.4. The molecule has 3 amide bonds. The van der Waals surface area contributed by atoms with Gasteiger partial charge in [-0.2, -0.15) is 0 Å². The van der Waals surface area contributed by atoms with Crippen LogP contribution in [-0.2, 0) is 0 Å². The average molecular weight is 401 g/mol. The lowest BCUT2D eigenvalue weighted by Gasteiger charge is -2.36. The first-order chi connectivity index (χ1) is 14.7. The topological polar surface area (TPSA) is 77.6 Å². The molecule has 2 aromatic carbocycles. The van der Waals surface area contributed by atoms with Gasteiger partial charge in [-0.3, -0.25) is 9.78 Å². The van der Waals surface area contributed by atoms with Crippen molar-refractivity contribution in [2.24, 2.45) is 0 Å². The minimum atomic E-state index is -0.189. The highest BCUT2D eigenvalue weighted by Crippen LogP contribution is 2.18. The van der Waals surface area contributed by atoms with Crippen LogP contribution in [0.15, 0.2) is 79.1 Å². The number of hydrogen-bond donors (Lipinski definition) is 2. The zero-order valence-electron chi connectivity index (χ0n) is 16.5. The zero-order valence-corrected chi connectivity index (χ0v) is 16.5. The number of nitrogens with zero attached hydrogens (tertiary/aromatic N) is 3. The highest BCUT2D eigenvalue weighted by atomic mass is 16.2. The minimum absolute atomic E-state index is 0.143. The Labute approximate surface area is 175 Å². The fourth-order valence-electron chi connectivity index (χ4n) is 3.39. The second-order valence-electron chi connectivity index (χ2n) is 7.01. The highest BCUT2D eigenvalue weighted by Gasteiger charge is 2.21. The van der Waals surface area contributed by atoms with Crippen molar-refractivity contribution in [3.05, 3.63) is 84.7 Å². The van der Waals surface area contributed by atoms with Crippen molar-refractivity contribution >= 4 is 29.0 Å². The van der Waals surface area contributed by atoms with Crippen LogP contribution in [0.4, 0.5) is 21.9 Å². The van der Waals surface area contributed by atoms with E-state index in [0.29, 0.717) is 30.0 Å². The lowest BCUT2D eigenvalue weighted by atomic mass is 10.2. The molecule has 1 aromatic heterocycles. The largest absolute Gasteiger partial charge is 0.368 e. The molecule has 4 rings (SSSR count). The van der Waals surface area contributed by atoms with Gasteiger partial charge in [-0.25, -0.2) is 4.79 Å². The van der Waals surface area contributed by atoms with Crippen LogP contribution >= 0.6 is 0 Å². The van der Waals surface area contributed by atoms with E-state index in [4.69, 9.17) is 0 Å². The smallest absolute Gasteiger partial charge is 0.321 e. The van der Waals surface area contributed by atoms with Crippen molar-refractivity contribution in [3.8, 4) is 0 Å². The van der Waals surface area contributed by atoms with Crippen molar-refractivity contribution in [2.75, 3.05) is 41.7 Å². The van der Waals surface area contributed by atoms with Crippen LogP contribution in [0.2, 0.25) is 0 Å². The van der Waals surface area contributed by atoms with Gasteiger partial charge in [0.15, 0.2) is 0 Å². The first-order valence-corrected chi connectivity index (χ1v) is 9.86. The number of amides is 3. The number of pyridine rings is 1. The number of rotatable bonds is 4. The summed E-state index contributed by atoms with van der Waals surface area (Å²) in [5.41, 5.74) is 2.97. The summed E-state index contributed by atoms with van der Waals surface area (Å²) in [4.78, 5) is 33.1. The highest BCUT2D eigenvalue weighted by molar-refractivity contribution is 6.04. The van der Waals surface area contributed by atoms with Crippen LogP contribution in [0.1, 0.15) is 10.4 Å². The SMILES string of the molecule is O=C(Nc1cccc(NC(=O)N2CCN(c3ccncc3)CC2)c1)c1ccccc1. The summed E-state index contributed by atoms with van der Waals surface area (Å²) < 4.78 is 0. The third-order valence-electron chi connectivity index (χ3n) is 5.00. The Balaban J connectivity index is 1.33. The minimum Gasteiger partial charge on any atom is -0.368 e. The Hall–Kier alpha value is -3.87. The van der Waals surface area contributed by atoms with Crippen LogP contribution in [0.3, 0.4) is 0 Å². The summed E-state index contributed by atoms with van der Waals surface area (Å²) in [6, 6.07) is 20.0. The molecule has 7 heteroatoms. The molecule has 1 aliphatic heterocycles. The van der Waals surface area contributed by atoms with Crippen molar-refractivity contribution < 1.29 is 9.59 Å².